The maximum atomic E-state index is 5.59. The molecule has 18 heavy (non-hydrogen) atoms. The summed E-state index contributed by atoms with van der Waals surface area (Å²) < 4.78 is 10.9. The van der Waals surface area contributed by atoms with Crippen LogP contribution in [0.4, 0.5) is 0 Å². The molecule has 0 aliphatic carbocycles. The van der Waals surface area contributed by atoms with Crippen LogP contribution in [0.1, 0.15) is 18.4 Å². The largest absolute Gasteiger partial charge is 0.497 e. The van der Waals surface area contributed by atoms with Crippen LogP contribution in [0.15, 0.2) is 28.9 Å². The highest BCUT2D eigenvalue weighted by Gasteiger charge is 2.13. The molecule has 0 bridgehead atoms. The van der Waals surface area contributed by atoms with E-state index in [0.717, 1.165) is 24.3 Å². The molecule has 1 saturated heterocycles. The van der Waals surface area contributed by atoms with Crippen molar-refractivity contribution in [2.75, 3.05) is 26.7 Å². The molecule has 3 rings (SSSR count). The minimum absolute atomic E-state index is 0.895. The molecule has 1 aliphatic rings. The number of rotatable bonds is 4. The minimum atomic E-state index is 0.895. The smallest absolute Gasteiger partial charge is 0.134 e. The van der Waals surface area contributed by atoms with Crippen molar-refractivity contribution in [1.29, 1.82) is 0 Å². The average Bonchev–Trinajstić information content (AvgIpc) is 3.05. The number of nitrogens with zero attached hydrogens (tertiary/aromatic N) is 1. The van der Waals surface area contributed by atoms with E-state index in [-0.39, 0.29) is 0 Å². The first-order chi connectivity index (χ1) is 8.86. The van der Waals surface area contributed by atoms with E-state index < -0.39 is 0 Å². The van der Waals surface area contributed by atoms with E-state index in [4.69, 9.17) is 9.15 Å². The first-order valence-electron chi connectivity index (χ1n) is 6.63. The lowest BCUT2D eigenvalue weighted by molar-refractivity contribution is 0.343. The third-order valence-electron chi connectivity index (χ3n) is 3.76. The van der Waals surface area contributed by atoms with Gasteiger partial charge in [0.25, 0.3) is 0 Å². The summed E-state index contributed by atoms with van der Waals surface area (Å²) in [4.78, 5) is 2.53. The normalized spacial score (nSPS) is 16.5. The summed E-state index contributed by atoms with van der Waals surface area (Å²) in [7, 11) is 1.70. The van der Waals surface area contributed by atoms with Crippen molar-refractivity contribution in [3.8, 4) is 5.75 Å². The molecule has 0 spiro atoms. The highest BCUT2D eigenvalue weighted by Crippen LogP contribution is 2.26. The van der Waals surface area contributed by atoms with Gasteiger partial charge in [0.15, 0.2) is 0 Å². The standard InChI is InChI=1S/C15H19NO2/c1-17-13-4-5-15-14(10-13)12(11-18-15)6-9-16-7-2-3-8-16/h4-5,10-11H,2-3,6-9H2,1H3. The van der Waals surface area contributed by atoms with Crippen molar-refractivity contribution in [2.45, 2.75) is 19.3 Å². The van der Waals surface area contributed by atoms with Crippen molar-refractivity contribution in [3.63, 3.8) is 0 Å². The second kappa shape index (κ2) is 5.02. The van der Waals surface area contributed by atoms with Crippen molar-refractivity contribution in [1.82, 2.24) is 4.90 Å². The lowest BCUT2D eigenvalue weighted by Gasteiger charge is -2.13. The van der Waals surface area contributed by atoms with Crippen LogP contribution in [0.5, 0.6) is 5.75 Å². The number of methoxy groups -OCH3 is 1. The van der Waals surface area contributed by atoms with Gasteiger partial charge in [0.2, 0.25) is 0 Å². The zero-order valence-electron chi connectivity index (χ0n) is 10.8. The van der Waals surface area contributed by atoms with Crippen LogP contribution in [0.25, 0.3) is 11.0 Å². The Kier molecular flexibility index (Phi) is 3.24. The van der Waals surface area contributed by atoms with Gasteiger partial charge in [-0.15, -0.1) is 0 Å². The Labute approximate surface area is 107 Å². The maximum absolute atomic E-state index is 5.59. The zero-order chi connectivity index (χ0) is 12.4. The van der Waals surface area contributed by atoms with Gasteiger partial charge in [0.1, 0.15) is 11.3 Å². The summed E-state index contributed by atoms with van der Waals surface area (Å²) in [5, 5.41) is 1.19. The number of furan rings is 1. The fourth-order valence-corrected chi connectivity index (χ4v) is 2.67. The Balaban J connectivity index is 1.78. The van der Waals surface area contributed by atoms with E-state index in [9.17, 15) is 0 Å². The van der Waals surface area contributed by atoms with Gasteiger partial charge in [-0.1, -0.05) is 0 Å². The van der Waals surface area contributed by atoms with Crippen LogP contribution in [-0.4, -0.2) is 31.6 Å². The molecule has 0 unspecified atom stereocenters. The van der Waals surface area contributed by atoms with Gasteiger partial charge in [-0.25, -0.2) is 0 Å². The van der Waals surface area contributed by atoms with Crippen LogP contribution in [0, 0.1) is 0 Å². The molecule has 0 atom stereocenters. The molecule has 2 aromatic rings. The molecule has 1 aromatic heterocycles. The quantitative estimate of drug-likeness (QED) is 0.827. The summed E-state index contributed by atoms with van der Waals surface area (Å²) in [6, 6.07) is 5.99. The van der Waals surface area contributed by atoms with Crippen LogP contribution in [-0.2, 0) is 6.42 Å². The molecule has 0 amide bonds. The Morgan fingerprint density at radius 2 is 2.11 bits per heavy atom. The van der Waals surface area contributed by atoms with Crippen molar-refractivity contribution >= 4 is 11.0 Å². The Bertz CT molecular complexity index is 526. The summed E-state index contributed by atoms with van der Waals surface area (Å²) in [5.41, 5.74) is 2.24. The van der Waals surface area contributed by atoms with Crippen molar-refractivity contribution in [2.24, 2.45) is 0 Å². The Hall–Kier alpha value is -1.48. The van der Waals surface area contributed by atoms with Crippen LogP contribution < -0.4 is 4.74 Å². The predicted octanol–water partition coefficient (Wildman–Crippen LogP) is 3.08. The number of fused-ring (bicyclic) bond motifs is 1. The number of hydrogen-bond donors (Lipinski definition) is 0. The highest BCUT2D eigenvalue weighted by molar-refractivity contribution is 5.82. The Morgan fingerprint density at radius 1 is 1.28 bits per heavy atom. The molecule has 0 radical (unpaired) electrons. The monoisotopic (exact) mass is 245 g/mol. The number of benzene rings is 1. The number of likely N-dealkylation sites (tertiary alicyclic amines) is 1. The van der Waals surface area contributed by atoms with E-state index in [0.29, 0.717) is 0 Å². The minimum Gasteiger partial charge on any atom is -0.497 e. The van der Waals surface area contributed by atoms with Gasteiger partial charge in [-0.2, -0.15) is 0 Å². The summed E-state index contributed by atoms with van der Waals surface area (Å²) >= 11 is 0. The number of ether oxygens (including phenoxy) is 1. The molecule has 0 N–H and O–H groups in total. The third kappa shape index (κ3) is 2.23. The zero-order valence-corrected chi connectivity index (χ0v) is 10.8. The van der Waals surface area contributed by atoms with Gasteiger partial charge in [0.05, 0.1) is 13.4 Å². The molecule has 96 valence electrons. The van der Waals surface area contributed by atoms with Crippen LogP contribution in [0.3, 0.4) is 0 Å². The van der Waals surface area contributed by atoms with Gasteiger partial charge in [-0.3, -0.25) is 0 Å². The van der Waals surface area contributed by atoms with Crippen LogP contribution >= 0.6 is 0 Å². The molecular formula is C15H19NO2. The van der Waals surface area contributed by atoms with Gasteiger partial charge in [-0.05, 0) is 56.1 Å². The lowest BCUT2D eigenvalue weighted by Crippen LogP contribution is -2.21. The lowest BCUT2D eigenvalue weighted by atomic mass is 10.1. The molecule has 3 nitrogen and oxygen atoms in total. The molecular weight excluding hydrogens is 226 g/mol. The Morgan fingerprint density at radius 3 is 2.89 bits per heavy atom. The van der Waals surface area contributed by atoms with Crippen molar-refractivity contribution < 1.29 is 9.15 Å². The second-order valence-electron chi connectivity index (χ2n) is 4.92. The summed E-state index contributed by atoms with van der Waals surface area (Å²) in [5.74, 6) is 0.895. The van der Waals surface area contributed by atoms with Gasteiger partial charge >= 0.3 is 0 Å². The van der Waals surface area contributed by atoms with E-state index >= 15 is 0 Å². The molecule has 2 heterocycles. The molecule has 0 saturated carbocycles. The van der Waals surface area contributed by atoms with Gasteiger partial charge in [0, 0.05) is 11.9 Å². The first kappa shape index (κ1) is 11.6. The first-order valence-corrected chi connectivity index (χ1v) is 6.63. The molecule has 1 aromatic carbocycles. The molecule has 1 fully saturated rings. The highest BCUT2D eigenvalue weighted by atomic mass is 16.5. The fraction of sp³-hybridized carbons (Fsp3) is 0.467. The summed E-state index contributed by atoms with van der Waals surface area (Å²) in [6.07, 6.45) is 5.64. The fourth-order valence-electron chi connectivity index (χ4n) is 2.67. The van der Waals surface area contributed by atoms with E-state index in [2.05, 4.69) is 11.0 Å². The maximum Gasteiger partial charge on any atom is 0.134 e. The summed E-state index contributed by atoms with van der Waals surface area (Å²) in [6.45, 7) is 3.63. The van der Waals surface area contributed by atoms with Crippen LogP contribution in [0.2, 0.25) is 0 Å². The second-order valence-corrected chi connectivity index (χ2v) is 4.92. The number of hydrogen-bond acceptors (Lipinski definition) is 3. The van der Waals surface area contributed by atoms with E-state index in [1.54, 1.807) is 7.11 Å². The topological polar surface area (TPSA) is 25.6 Å². The van der Waals surface area contributed by atoms with E-state index in [1.165, 1.54) is 36.9 Å². The van der Waals surface area contributed by atoms with Crippen molar-refractivity contribution in [3.05, 3.63) is 30.0 Å². The SMILES string of the molecule is COc1ccc2occ(CCN3CCCC3)c2c1. The average molecular weight is 245 g/mol. The molecule has 3 heteroatoms. The molecule has 1 aliphatic heterocycles. The third-order valence-corrected chi connectivity index (χ3v) is 3.76. The van der Waals surface area contributed by atoms with Gasteiger partial charge < -0.3 is 14.1 Å². The van der Waals surface area contributed by atoms with E-state index in [1.807, 2.05) is 18.4 Å². The predicted molar refractivity (Wildman–Crippen MR) is 72.1 cm³/mol.